The van der Waals surface area contributed by atoms with Crippen molar-refractivity contribution in [1.29, 1.82) is 0 Å². The summed E-state index contributed by atoms with van der Waals surface area (Å²) >= 11 is 7.55. The number of methoxy groups -OCH3 is 1. The molecule has 2 aromatic rings. The molecule has 0 atom stereocenters. The Morgan fingerprint density at radius 1 is 1.22 bits per heavy atom. The number of nitrogens with one attached hydrogen (secondary N) is 1. The van der Waals surface area contributed by atoms with Crippen LogP contribution in [0.25, 0.3) is 0 Å². The predicted octanol–water partition coefficient (Wildman–Crippen LogP) is 4.09. The zero-order valence-electron chi connectivity index (χ0n) is 19.4. The van der Waals surface area contributed by atoms with E-state index in [4.69, 9.17) is 30.5 Å². The third kappa shape index (κ3) is 8.53. The Morgan fingerprint density at radius 2 is 1.95 bits per heavy atom. The van der Waals surface area contributed by atoms with Gasteiger partial charge in [-0.05, 0) is 18.2 Å². The predicted molar refractivity (Wildman–Crippen MR) is 129 cm³/mol. The van der Waals surface area contributed by atoms with E-state index in [1.165, 1.54) is 25.3 Å². The lowest BCUT2D eigenvalue weighted by Gasteiger charge is -2.25. The van der Waals surface area contributed by atoms with E-state index in [0.717, 1.165) is 4.31 Å². The van der Waals surface area contributed by atoms with Crippen molar-refractivity contribution in [2.45, 2.75) is 12.8 Å². The van der Waals surface area contributed by atoms with Gasteiger partial charge in [0.1, 0.15) is 29.7 Å². The minimum Gasteiger partial charge on any atom is -0.491 e. The second kappa shape index (κ2) is 12.9. The van der Waals surface area contributed by atoms with Crippen molar-refractivity contribution in [3.8, 4) is 17.4 Å². The van der Waals surface area contributed by atoms with E-state index >= 15 is 0 Å². The van der Waals surface area contributed by atoms with Gasteiger partial charge in [0, 0.05) is 49.5 Å². The summed E-state index contributed by atoms with van der Waals surface area (Å²) in [4.78, 5) is 15.8. The average Bonchev–Trinajstić information content (AvgIpc) is 2.84. The van der Waals surface area contributed by atoms with Crippen molar-refractivity contribution in [3.63, 3.8) is 0 Å². The molecule has 16 heteroatoms. The molecule has 1 aliphatic heterocycles. The molecule has 0 bridgehead atoms. The first-order chi connectivity index (χ1) is 17.5. The Balaban J connectivity index is 1.75. The molecule has 2 heterocycles. The number of carbonyl (C=O) groups excluding carboxylic acids is 1. The Kier molecular flexibility index (Phi) is 10.1. The van der Waals surface area contributed by atoms with Gasteiger partial charge in [-0.15, -0.1) is 0 Å². The number of amides is 1. The third-order valence-corrected chi connectivity index (χ3v) is 7.50. The highest BCUT2D eigenvalue weighted by atomic mass is 35.5. The van der Waals surface area contributed by atoms with E-state index in [1.807, 2.05) is 4.72 Å². The smallest absolute Gasteiger partial charge is 0.422 e. The summed E-state index contributed by atoms with van der Waals surface area (Å²) < 4.78 is 87.7. The molecule has 10 nitrogen and oxygen atoms in total. The summed E-state index contributed by atoms with van der Waals surface area (Å²) in [5.41, 5.74) is -0.825. The van der Waals surface area contributed by atoms with E-state index in [9.17, 15) is 26.4 Å². The molecule has 0 unspecified atom stereocenters. The molecule has 1 fully saturated rings. The summed E-state index contributed by atoms with van der Waals surface area (Å²) in [7, 11) is -2.58. The number of thioether (sulfide) groups is 1. The van der Waals surface area contributed by atoms with Crippen LogP contribution in [0.1, 0.15) is 11.1 Å². The first-order valence-electron chi connectivity index (χ1n) is 10.7. The number of carbonyl (C=O) groups is 1. The van der Waals surface area contributed by atoms with Crippen LogP contribution < -0.4 is 14.2 Å². The van der Waals surface area contributed by atoms with Gasteiger partial charge < -0.3 is 18.9 Å². The summed E-state index contributed by atoms with van der Waals surface area (Å²) in [6.07, 6.45) is -5.30. The van der Waals surface area contributed by atoms with Gasteiger partial charge in [-0.3, -0.25) is 0 Å². The topological polar surface area (TPSA) is 116 Å². The molecule has 0 spiro atoms. The third-order valence-electron chi connectivity index (χ3n) is 4.82. The summed E-state index contributed by atoms with van der Waals surface area (Å²) in [6.45, 7) is 0.564. The molecule has 1 amide bonds. The second-order valence-corrected chi connectivity index (χ2v) is 10.7. The number of nitrogens with zero attached hydrogens (tertiary/aromatic N) is 2. The van der Waals surface area contributed by atoms with Crippen molar-refractivity contribution in [1.82, 2.24) is 14.0 Å². The molecule has 1 aromatic carbocycles. The van der Waals surface area contributed by atoms with Crippen LogP contribution in [0.2, 0.25) is 5.02 Å². The van der Waals surface area contributed by atoms with Gasteiger partial charge in [0.15, 0.2) is 0 Å². The number of halogens is 4. The van der Waals surface area contributed by atoms with Gasteiger partial charge in [-0.1, -0.05) is 11.6 Å². The SMILES string of the molecule is COCCOc1ccc(COC(=O)NS(=O)(=O)N2CCSCC2)c(Oc2ncc(C(F)(F)F)cc2Cl)c1. The van der Waals surface area contributed by atoms with Gasteiger partial charge >= 0.3 is 22.5 Å². The van der Waals surface area contributed by atoms with E-state index < -0.39 is 39.7 Å². The first-order valence-corrected chi connectivity index (χ1v) is 13.6. The Hall–Kier alpha value is -2.46. The monoisotopic (exact) mass is 585 g/mol. The van der Waals surface area contributed by atoms with Crippen molar-refractivity contribution >= 4 is 39.7 Å². The number of pyridine rings is 1. The van der Waals surface area contributed by atoms with Crippen LogP contribution in [0.15, 0.2) is 30.5 Å². The second-order valence-electron chi connectivity index (χ2n) is 7.42. The highest BCUT2D eigenvalue weighted by Gasteiger charge is 2.32. The van der Waals surface area contributed by atoms with Crippen LogP contribution in [-0.2, 0) is 32.5 Å². The number of aromatic nitrogens is 1. The maximum Gasteiger partial charge on any atom is 0.422 e. The number of benzene rings is 1. The summed E-state index contributed by atoms with van der Waals surface area (Å²) in [5, 5.41) is -0.407. The van der Waals surface area contributed by atoms with Crippen LogP contribution in [0.3, 0.4) is 0 Å². The van der Waals surface area contributed by atoms with Crippen LogP contribution in [0.5, 0.6) is 17.4 Å². The number of hydrogen-bond donors (Lipinski definition) is 1. The molecule has 204 valence electrons. The molecule has 1 aromatic heterocycles. The minimum absolute atomic E-state index is 0.00721. The number of rotatable bonds is 10. The first kappa shape index (κ1) is 29.1. The van der Waals surface area contributed by atoms with Gasteiger partial charge in [-0.2, -0.15) is 37.7 Å². The minimum atomic E-state index is -4.65. The van der Waals surface area contributed by atoms with Crippen molar-refractivity contribution in [2.75, 3.05) is 44.9 Å². The average molecular weight is 586 g/mol. The molecular formula is C21H23ClF3N3O7S2. The molecule has 1 N–H and O–H groups in total. The molecule has 0 aliphatic carbocycles. The molecule has 0 saturated carbocycles. The van der Waals surface area contributed by atoms with Crippen LogP contribution in [0.4, 0.5) is 18.0 Å². The van der Waals surface area contributed by atoms with Gasteiger partial charge in [-0.25, -0.2) is 14.5 Å². The molecule has 37 heavy (non-hydrogen) atoms. The van der Waals surface area contributed by atoms with Gasteiger partial charge in [0.25, 0.3) is 0 Å². The fourth-order valence-electron chi connectivity index (χ4n) is 2.97. The fourth-order valence-corrected chi connectivity index (χ4v) is 5.37. The molecular weight excluding hydrogens is 563 g/mol. The Labute approximate surface area is 220 Å². The van der Waals surface area contributed by atoms with Crippen molar-refractivity contribution < 1.29 is 45.3 Å². The van der Waals surface area contributed by atoms with Crippen molar-refractivity contribution in [3.05, 3.63) is 46.6 Å². The summed E-state index contributed by atoms with van der Waals surface area (Å²) in [6, 6.07) is 5.06. The Morgan fingerprint density at radius 3 is 2.59 bits per heavy atom. The van der Waals surface area contributed by atoms with E-state index in [0.29, 0.717) is 29.5 Å². The lowest BCUT2D eigenvalue weighted by atomic mass is 10.2. The molecule has 0 radical (unpaired) electrons. The highest BCUT2D eigenvalue weighted by molar-refractivity contribution is 7.99. The van der Waals surface area contributed by atoms with Crippen LogP contribution in [0, 0.1) is 0 Å². The largest absolute Gasteiger partial charge is 0.491 e. The zero-order chi connectivity index (χ0) is 27.1. The maximum atomic E-state index is 12.9. The van der Waals surface area contributed by atoms with Gasteiger partial charge in [0.2, 0.25) is 5.88 Å². The van der Waals surface area contributed by atoms with E-state index in [-0.39, 0.29) is 43.5 Å². The quantitative estimate of drug-likeness (QED) is 0.412. The lowest BCUT2D eigenvalue weighted by molar-refractivity contribution is -0.137. The molecule has 1 aliphatic rings. The zero-order valence-corrected chi connectivity index (χ0v) is 21.8. The van der Waals surface area contributed by atoms with Gasteiger partial charge in [0.05, 0.1) is 12.2 Å². The highest BCUT2D eigenvalue weighted by Crippen LogP contribution is 2.36. The lowest BCUT2D eigenvalue weighted by Crippen LogP contribution is -2.47. The number of hydrogen-bond acceptors (Lipinski definition) is 9. The standard InChI is InChI=1S/C21H23ClF3N3O7S2/c1-32-6-7-33-16-3-2-14(13-34-20(29)27-37(30,31)28-4-8-36-9-5-28)18(11-16)35-19-17(22)10-15(12-26-19)21(23,24)25/h2-3,10-12H,4-9,13H2,1H3,(H,27,29). The summed E-state index contributed by atoms with van der Waals surface area (Å²) in [5.74, 6) is 1.20. The number of ether oxygens (including phenoxy) is 4. The number of alkyl halides is 3. The molecule has 3 rings (SSSR count). The Bertz CT molecular complexity index is 1200. The van der Waals surface area contributed by atoms with Crippen LogP contribution >= 0.6 is 23.4 Å². The molecule has 1 saturated heterocycles. The fraction of sp³-hybridized carbons (Fsp3) is 0.429. The van der Waals surface area contributed by atoms with E-state index in [2.05, 4.69) is 4.98 Å². The maximum absolute atomic E-state index is 12.9. The van der Waals surface area contributed by atoms with Crippen LogP contribution in [-0.4, -0.2) is 68.7 Å². The van der Waals surface area contributed by atoms with Crippen molar-refractivity contribution in [2.24, 2.45) is 0 Å². The van der Waals surface area contributed by atoms with E-state index in [1.54, 1.807) is 11.8 Å². The normalized spacial score (nSPS) is 14.7.